The summed E-state index contributed by atoms with van der Waals surface area (Å²) in [7, 11) is 0. The number of unbranched alkanes of at least 4 members (excludes halogenated alkanes) is 1. The first kappa shape index (κ1) is 26.1. The Kier molecular flexibility index (Phi) is 9.92. The van der Waals surface area contributed by atoms with E-state index in [0.717, 1.165) is 38.9 Å². The van der Waals surface area contributed by atoms with Crippen molar-refractivity contribution in [3.8, 4) is 11.3 Å². The zero-order valence-electron chi connectivity index (χ0n) is 33.4. The Morgan fingerprint density at radius 3 is 2.82 bits per heavy atom. The molecule has 5 heteroatoms. The van der Waals surface area contributed by atoms with Gasteiger partial charge in [0.15, 0.2) is 0 Å². The third-order valence-corrected chi connectivity index (χ3v) is 9.22. The Balaban J connectivity index is 0.000000238. The van der Waals surface area contributed by atoms with Gasteiger partial charge in [-0.25, -0.2) is 0 Å². The van der Waals surface area contributed by atoms with Crippen molar-refractivity contribution in [3.63, 3.8) is 0 Å². The van der Waals surface area contributed by atoms with Crippen LogP contribution in [0.15, 0.2) is 95.8 Å². The molecule has 3 nitrogen and oxygen atoms in total. The molecule has 2 aliphatic rings. The van der Waals surface area contributed by atoms with Crippen LogP contribution in [0.4, 0.5) is 0 Å². The largest absolute Gasteiger partial charge is 0.309 e. The van der Waals surface area contributed by atoms with Crippen LogP contribution in [0.3, 0.4) is 0 Å². The Hall–Kier alpha value is -2.98. The molecule has 1 aliphatic heterocycles. The molecular weight excluding hydrogens is 747 g/mol. The van der Waals surface area contributed by atoms with E-state index in [1.807, 2.05) is 38.2 Å². The van der Waals surface area contributed by atoms with Gasteiger partial charge < -0.3 is 9.98 Å². The summed E-state index contributed by atoms with van der Waals surface area (Å²) < 4.78 is 59.1. The van der Waals surface area contributed by atoms with Gasteiger partial charge in [0.2, 0.25) is 0 Å². The molecule has 237 valence electrons. The molecule has 1 aliphatic carbocycles. The monoisotopic (exact) mass is 799 g/mol. The van der Waals surface area contributed by atoms with Gasteiger partial charge >= 0.3 is 0 Å². The van der Waals surface area contributed by atoms with Crippen molar-refractivity contribution in [2.45, 2.75) is 90.8 Å². The second-order valence-electron chi connectivity index (χ2n) is 11.5. The van der Waals surface area contributed by atoms with Crippen molar-refractivity contribution < 1.29 is 29.7 Å². The molecule has 4 heterocycles. The van der Waals surface area contributed by atoms with Gasteiger partial charge in [0.25, 0.3) is 0 Å². The van der Waals surface area contributed by atoms with Crippen molar-refractivity contribution in [1.82, 2.24) is 9.97 Å². The van der Waals surface area contributed by atoms with E-state index >= 15 is 0 Å². The summed E-state index contributed by atoms with van der Waals surface area (Å²) in [6.45, 7) is 13.4. The standard InChI is InChI=1S/C22H19N2S.C18H26N.Ir/c1-2-7-15(8-3-1)21-20-17-10-6-9-16(18-11-4-5-13-23-18)22(17)25-19(20)12-14-24-21;1-6-7-8-15(4)17-11-12-18(19-13-17)16(5)10-9-14(2)3;/h4-6,10-15H,1-3,7-8H2;9,13,15H,2,5-8,11-12H2,1,3-4H3;/q2*-1;/i4D,5D,11D,13D;11D,12D,15D;. The number of nitrogens with zero attached hydrogens (tertiary/aromatic N) is 3. The van der Waals surface area contributed by atoms with Crippen LogP contribution in [0.1, 0.15) is 106 Å². The number of aliphatic imine (C=N–C) groups is 1. The number of thiophene rings is 1. The molecule has 1 aromatic carbocycles. The van der Waals surface area contributed by atoms with E-state index in [-0.39, 0.29) is 50.1 Å². The maximum atomic E-state index is 8.46. The number of benzene rings is 1. The molecule has 0 saturated heterocycles. The van der Waals surface area contributed by atoms with Crippen LogP contribution in [-0.2, 0) is 20.1 Å². The molecule has 45 heavy (non-hydrogen) atoms. The minimum absolute atomic E-state index is 0. The van der Waals surface area contributed by atoms with E-state index in [4.69, 9.17) is 14.6 Å². The van der Waals surface area contributed by atoms with Gasteiger partial charge in [-0.05, 0) is 66.2 Å². The summed E-state index contributed by atoms with van der Waals surface area (Å²) in [6.07, 6.45) is 15.0. The molecule has 0 N–H and O–H groups in total. The molecule has 6 rings (SSSR count). The van der Waals surface area contributed by atoms with Gasteiger partial charge in [-0.2, -0.15) is 17.9 Å². The molecule has 0 bridgehead atoms. The predicted molar refractivity (Wildman–Crippen MR) is 190 cm³/mol. The number of aromatic nitrogens is 2. The van der Waals surface area contributed by atoms with Gasteiger partial charge in [0, 0.05) is 58.8 Å². The Bertz CT molecular complexity index is 2050. The SMILES string of the molecule is [2H]C1C(C([2H])(C)CCCC)=CN=C(C(=C)[C-]=CC(=C)C)C1[2H].[2H]c1nc(-c2[c-]ccc3c2sc2ccnc(C4CCCCC4)c23)c([2H])c([2H])c1[2H].[Ir]. The van der Waals surface area contributed by atoms with E-state index < -0.39 is 18.7 Å². The topological polar surface area (TPSA) is 38.1 Å². The van der Waals surface area contributed by atoms with Crippen molar-refractivity contribution in [3.05, 3.63) is 109 Å². The maximum Gasteiger partial charge on any atom is 0.0830 e. The van der Waals surface area contributed by atoms with Crippen molar-refractivity contribution >= 4 is 37.2 Å². The number of hydrogen-bond acceptors (Lipinski definition) is 4. The van der Waals surface area contributed by atoms with E-state index in [0.29, 0.717) is 34.8 Å². The predicted octanol–water partition coefficient (Wildman–Crippen LogP) is 11.8. The fourth-order valence-electron chi connectivity index (χ4n) is 5.62. The molecule has 3 atom stereocenters. The van der Waals surface area contributed by atoms with Crippen molar-refractivity contribution in [2.24, 2.45) is 10.9 Å². The first-order chi connectivity index (χ1) is 24.3. The number of pyridine rings is 2. The Morgan fingerprint density at radius 2 is 2.04 bits per heavy atom. The molecule has 1 fully saturated rings. The third kappa shape index (κ3) is 8.85. The van der Waals surface area contributed by atoms with Gasteiger partial charge in [-0.1, -0.05) is 75.9 Å². The van der Waals surface area contributed by atoms with Crippen LogP contribution in [0.2, 0.25) is 0 Å². The fourth-order valence-corrected chi connectivity index (χ4v) is 6.82. The van der Waals surface area contributed by atoms with Crippen molar-refractivity contribution in [1.29, 1.82) is 0 Å². The number of allylic oxidation sites excluding steroid dienone is 5. The van der Waals surface area contributed by atoms with Gasteiger partial charge in [-0.15, -0.1) is 53.6 Å². The van der Waals surface area contributed by atoms with Crippen LogP contribution >= 0.6 is 11.3 Å². The summed E-state index contributed by atoms with van der Waals surface area (Å²) in [4.78, 5) is 13.2. The Labute approximate surface area is 297 Å². The summed E-state index contributed by atoms with van der Waals surface area (Å²) in [6, 6.07) is 8.37. The van der Waals surface area contributed by atoms with E-state index in [9.17, 15) is 0 Å². The second kappa shape index (κ2) is 17.1. The summed E-state index contributed by atoms with van der Waals surface area (Å²) in [5, 5.41) is 2.25. The zero-order valence-corrected chi connectivity index (χ0v) is 29.6. The second-order valence-corrected chi connectivity index (χ2v) is 12.5. The van der Waals surface area contributed by atoms with Gasteiger partial charge in [-0.3, -0.25) is 4.98 Å². The van der Waals surface area contributed by atoms with E-state index in [1.54, 1.807) is 23.6 Å². The molecule has 3 aromatic heterocycles. The summed E-state index contributed by atoms with van der Waals surface area (Å²) in [5.41, 5.74) is 4.46. The average Bonchev–Trinajstić information content (AvgIpc) is 3.51. The summed E-state index contributed by atoms with van der Waals surface area (Å²) in [5.74, 6) is -0.361. The molecule has 1 radical (unpaired) electrons. The molecule has 3 unspecified atom stereocenters. The van der Waals surface area contributed by atoms with Crippen LogP contribution in [-0.4, -0.2) is 15.7 Å². The average molecular weight is 799 g/mol. The maximum absolute atomic E-state index is 8.46. The minimum atomic E-state index is -0.838. The third-order valence-electron chi connectivity index (χ3n) is 8.03. The van der Waals surface area contributed by atoms with Crippen molar-refractivity contribution in [2.75, 3.05) is 0 Å². The van der Waals surface area contributed by atoms with Gasteiger partial charge in [0.05, 0.1) is 11.2 Å². The molecular formula is C40H45IrN3S-2. The van der Waals surface area contributed by atoms with Crippen LogP contribution in [0, 0.1) is 18.0 Å². The number of rotatable bonds is 9. The number of fused-ring (bicyclic) bond motifs is 3. The smallest absolute Gasteiger partial charge is 0.0830 e. The van der Waals surface area contributed by atoms with E-state index in [1.165, 1.54) is 37.5 Å². The number of hydrogen-bond donors (Lipinski definition) is 0. The fraction of sp³-hybridized carbons (Fsp3) is 0.375. The van der Waals surface area contributed by atoms with Gasteiger partial charge in [0.1, 0.15) is 0 Å². The molecule has 1 saturated carbocycles. The van der Waals surface area contributed by atoms with Crippen LogP contribution < -0.4 is 0 Å². The first-order valence-electron chi connectivity index (χ1n) is 19.2. The first-order valence-corrected chi connectivity index (χ1v) is 16.3. The molecule has 4 aromatic rings. The minimum Gasteiger partial charge on any atom is -0.309 e. The Morgan fingerprint density at radius 1 is 1.22 bits per heavy atom. The van der Waals surface area contributed by atoms with Crippen LogP contribution in [0.25, 0.3) is 31.4 Å². The summed E-state index contributed by atoms with van der Waals surface area (Å²) >= 11 is 1.62. The quantitative estimate of drug-likeness (QED) is 0.125. The van der Waals surface area contributed by atoms with Crippen LogP contribution in [0.5, 0.6) is 0 Å². The van der Waals surface area contributed by atoms with E-state index in [2.05, 4.69) is 42.2 Å². The molecule has 0 spiro atoms. The zero-order chi connectivity index (χ0) is 37.0. The molecule has 0 amide bonds. The normalized spacial score (nSPS) is 22.2.